The van der Waals surface area contributed by atoms with Gasteiger partial charge in [-0.2, -0.15) is 0 Å². The fraction of sp³-hybridized carbons (Fsp3) is 0.857. The lowest BCUT2D eigenvalue weighted by Gasteiger charge is -2.21. The predicted molar refractivity (Wildman–Crippen MR) is 45.3 cm³/mol. The topological polar surface area (TPSA) is 80.7 Å². The fourth-order valence-corrected chi connectivity index (χ4v) is 2.69. The van der Waals surface area contributed by atoms with Crippen LogP contribution in [0.25, 0.3) is 0 Å². The molecule has 0 aromatic carbocycles. The first-order valence-electron chi connectivity index (χ1n) is 4.03. The summed E-state index contributed by atoms with van der Waals surface area (Å²) in [4.78, 5) is 10.2. The van der Waals surface area contributed by atoms with Gasteiger partial charge in [-0.15, -0.1) is 0 Å². The van der Waals surface area contributed by atoms with Gasteiger partial charge in [-0.3, -0.25) is 4.79 Å². The molecular weight excluding hydrogens is 196 g/mol. The van der Waals surface area contributed by atoms with Gasteiger partial charge >= 0.3 is 5.97 Å². The molecule has 1 aliphatic heterocycles. The van der Waals surface area contributed by atoms with Crippen molar-refractivity contribution in [2.75, 3.05) is 19.0 Å². The van der Waals surface area contributed by atoms with E-state index in [2.05, 4.69) is 0 Å². The van der Waals surface area contributed by atoms with Gasteiger partial charge in [0.15, 0.2) is 9.84 Å². The molecule has 1 atom stereocenters. The zero-order chi connectivity index (χ0) is 9.90. The smallest absolute Gasteiger partial charge is 0.318 e. The van der Waals surface area contributed by atoms with Crippen molar-refractivity contribution in [1.29, 1.82) is 0 Å². The summed E-state index contributed by atoms with van der Waals surface area (Å²) in [6.45, 7) is 0.703. The number of ether oxygens (including phenoxy) is 1. The maximum Gasteiger partial charge on any atom is 0.318 e. The van der Waals surface area contributed by atoms with E-state index in [4.69, 9.17) is 9.84 Å². The molecule has 5 nitrogen and oxygen atoms in total. The molecule has 6 heteroatoms. The Kier molecular flexibility index (Phi) is 3.27. The molecule has 1 heterocycles. The van der Waals surface area contributed by atoms with Gasteiger partial charge in [-0.05, 0) is 12.8 Å². The average molecular weight is 208 g/mol. The molecule has 1 N–H and O–H groups in total. The highest BCUT2D eigenvalue weighted by atomic mass is 32.2. The van der Waals surface area contributed by atoms with Crippen LogP contribution in [-0.4, -0.2) is 43.7 Å². The predicted octanol–water partition coefficient (Wildman–Crippen LogP) is -0.335. The number of hydrogen-bond acceptors (Lipinski definition) is 4. The first-order valence-corrected chi connectivity index (χ1v) is 5.75. The van der Waals surface area contributed by atoms with E-state index in [-0.39, 0.29) is 6.61 Å². The van der Waals surface area contributed by atoms with E-state index >= 15 is 0 Å². The van der Waals surface area contributed by atoms with Gasteiger partial charge in [-0.25, -0.2) is 8.42 Å². The second-order valence-electron chi connectivity index (χ2n) is 3.04. The van der Waals surface area contributed by atoms with Gasteiger partial charge in [0.05, 0.1) is 11.9 Å². The fourth-order valence-electron chi connectivity index (χ4n) is 1.28. The molecule has 1 saturated heterocycles. The van der Waals surface area contributed by atoms with Crippen molar-refractivity contribution in [2.24, 2.45) is 0 Å². The third-order valence-corrected chi connectivity index (χ3v) is 3.99. The summed E-state index contributed by atoms with van der Waals surface area (Å²) >= 11 is 0. The van der Waals surface area contributed by atoms with Gasteiger partial charge in [0.25, 0.3) is 0 Å². The lowest BCUT2D eigenvalue weighted by atomic mass is 10.2. The van der Waals surface area contributed by atoms with Crippen LogP contribution in [0, 0.1) is 0 Å². The Morgan fingerprint density at radius 3 is 2.69 bits per heavy atom. The van der Waals surface area contributed by atoms with E-state index in [0.29, 0.717) is 19.4 Å². The lowest BCUT2D eigenvalue weighted by molar-refractivity contribution is -0.134. The van der Waals surface area contributed by atoms with Crippen LogP contribution >= 0.6 is 0 Å². The Hall–Kier alpha value is -0.620. The molecule has 0 aliphatic carbocycles. The van der Waals surface area contributed by atoms with Crippen LogP contribution in [0.15, 0.2) is 0 Å². The molecule has 0 aromatic rings. The highest BCUT2D eigenvalue weighted by Crippen LogP contribution is 2.15. The van der Waals surface area contributed by atoms with Crippen molar-refractivity contribution in [1.82, 2.24) is 0 Å². The van der Waals surface area contributed by atoms with Crippen LogP contribution < -0.4 is 0 Å². The van der Waals surface area contributed by atoms with Crippen molar-refractivity contribution >= 4 is 15.8 Å². The molecule has 0 bridgehead atoms. The Morgan fingerprint density at radius 1 is 1.54 bits per heavy atom. The van der Waals surface area contributed by atoms with E-state index in [1.54, 1.807) is 0 Å². The molecule has 0 spiro atoms. The average Bonchev–Trinajstić information content (AvgIpc) is 2.04. The van der Waals surface area contributed by atoms with E-state index in [1.165, 1.54) is 0 Å². The van der Waals surface area contributed by atoms with E-state index in [0.717, 1.165) is 0 Å². The normalized spacial score (nSPS) is 24.2. The summed E-state index contributed by atoms with van der Waals surface area (Å²) in [5.41, 5.74) is 0. The second-order valence-corrected chi connectivity index (χ2v) is 5.32. The number of carboxylic acid groups (broad SMARTS) is 1. The largest absolute Gasteiger partial charge is 0.480 e. The quantitative estimate of drug-likeness (QED) is 0.686. The zero-order valence-corrected chi connectivity index (χ0v) is 7.92. The molecule has 1 aliphatic rings. The Bertz CT molecular complexity index is 275. The van der Waals surface area contributed by atoms with Crippen LogP contribution in [0.4, 0.5) is 0 Å². The highest BCUT2D eigenvalue weighted by Gasteiger charge is 2.29. The highest BCUT2D eigenvalue weighted by molar-refractivity contribution is 7.92. The summed E-state index contributed by atoms with van der Waals surface area (Å²) in [6, 6.07) is 0. The van der Waals surface area contributed by atoms with E-state index in [1.807, 2.05) is 0 Å². The van der Waals surface area contributed by atoms with Crippen LogP contribution in [0.2, 0.25) is 0 Å². The van der Waals surface area contributed by atoms with Crippen LogP contribution in [-0.2, 0) is 19.4 Å². The number of rotatable bonds is 3. The summed E-state index contributed by atoms with van der Waals surface area (Å²) < 4.78 is 27.6. The van der Waals surface area contributed by atoms with Crippen LogP contribution in [0.5, 0.6) is 0 Å². The minimum Gasteiger partial charge on any atom is -0.480 e. The third kappa shape index (κ3) is 2.96. The number of aliphatic carboxylic acids is 1. The summed E-state index contributed by atoms with van der Waals surface area (Å²) in [7, 11) is -3.51. The minimum absolute atomic E-state index is 0.135. The third-order valence-electron chi connectivity index (χ3n) is 1.95. The Balaban J connectivity index is 2.62. The number of hydrogen-bond donors (Lipinski definition) is 1. The maximum atomic E-state index is 11.3. The molecule has 76 valence electrons. The van der Waals surface area contributed by atoms with Crippen molar-refractivity contribution in [3.8, 4) is 0 Å². The van der Waals surface area contributed by atoms with Crippen molar-refractivity contribution in [2.45, 2.75) is 18.1 Å². The summed E-state index contributed by atoms with van der Waals surface area (Å²) in [5, 5.41) is 7.73. The molecule has 13 heavy (non-hydrogen) atoms. The van der Waals surface area contributed by atoms with E-state index in [9.17, 15) is 13.2 Å². The monoisotopic (exact) mass is 208 g/mol. The van der Waals surface area contributed by atoms with Gasteiger partial charge in [-0.1, -0.05) is 0 Å². The lowest BCUT2D eigenvalue weighted by Crippen LogP contribution is -2.34. The SMILES string of the molecule is O=C(O)CS(=O)(=O)C1CCCOC1. The molecule has 1 fully saturated rings. The molecule has 1 unspecified atom stereocenters. The first kappa shape index (κ1) is 10.5. The number of sulfone groups is 1. The molecule has 0 aromatic heterocycles. The van der Waals surface area contributed by atoms with Crippen molar-refractivity contribution in [3.05, 3.63) is 0 Å². The van der Waals surface area contributed by atoms with Gasteiger partial charge in [0.1, 0.15) is 5.75 Å². The minimum atomic E-state index is -3.51. The zero-order valence-electron chi connectivity index (χ0n) is 7.10. The molecular formula is C7H12O5S. The molecule has 0 saturated carbocycles. The molecule has 0 amide bonds. The van der Waals surface area contributed by atoms with Gasteiger partial charge in [0.2, 0.25) is 0 Å². The number of carbonyl (C=O) groups is 1. The molecule has 0 radical (unpaired) electrons. The summed E-state index contributed by atoms with van der Waals surface area (Å²) in [5.74, 6) is -2.09. The Labute approximate surface area is 76.6 Å². The first-order chi connectivity index (χ1) is 6.02. The Morgan fingerprint density at radius 2 is 2.23 bits per heavy atom. The van der Waals surface area contributed by atoms with Crippen LogP contribution in [0.3, 0.4) is 0 Å². The van der Waals surface area contributed by atoms with Gasteiger partial charge < -0.3 is 9.84 Å². The van der Waals surface area contributed by atoms with Crippen molar-refractivity contribution in [3.63, 3.8) is 0 Å². The number of carboxylic acids is 1. The summed E-state index contributed by atoms with van der Waals surface area (Å²) in [6.07, 6.45) is 1.19. The van der Waals surface area contributed by atoms with Gasteiger partial charge in [0, 0.05) is 6.61 Å². The van der Waals surface area contributed by atoms with Crippen molar-refractivity contribution < 1.29 is 23.1 Å². The molecule has 1 rings (SSSR count). The maximum absolute atomic E-state index is 11.3. The second kappa shape index (κ2) is 4.06. The van der Waals surface area contributed by atoms with Crippen LogP contribution in [0.1, 0.15) is 12.8 Å². The van der Waals surface area contributed by atoms with E-state index < -0.39 is 26.8 Å². The standard InChI is InChI=1S/C7H12O5S/c8-7(9)5-13(10,11)6-2-1-3-12-4-6/h6H,1-5H2,(H,8,9).